The third-order valence-electron chi connectivity index (χ3n) is 3.75. The first-order valence-electron chi connectivity index (χ1n) is 7.55. The molecule has 1 N–H and O–H groups in total. The molecule has 0 aromatic heterocycles. The van der Waals surface area contributed by atoms with Crippen LogP contribution >= 0.6 is 0 Å². The Hall–Kier alpha value is -2.54. The molecule has 0 aliphatic rings. The Morgan fingerprint density at radius 3 is 2.16 bits per heavy atom. The zero-order valence-electron chi connectivity index (χ0n) is 14.6. The first-order valence-corrected chi connectivity index (χ1v) is 9.44. The Bertz CT molecular complexity index is 868. The number of carbonyl (C=O) groups is 1. The van der Waals surface area contributed by atoms with E-state index >= 15 is 0 Å². The Balaban J connectivity index is 2.21. The maximum Gasteiger partial charge on any atom is 0.251 e. The quantitative estimate of drug-likeness (QED) is 0.852. The van der Waals surface area contributed by atoms with E-state index in [-0.39, 0.29) is 17.3 Å². The summed E-state index contributed by atoms with van der Waals surface area (Å²) in [6.07, 6.45) is 1.11. The fourth-order valence-electron chi connectivity index (χ4n) is 2.32. The number of amides is 1. The summed E-state index contributed by atoms with van der Waals surface area (Å²) in [5.41, 5.74) is 1.84. The number of benzene rings is 2. The van der Waals surface area contributed by atoms with Crippen molar-refractivity contribution in [2.75, 3.05) is 20.5 Å². The summed E-state index contributed by atoms with van der Waals surface area (Å²) in [6, 6.07) is 9.84. The summed E-state index contributed by atoms with van der Waals surface area (Å²) in [6.45, 7) is 2.02. The molecule has 0 bridgehead atoms. The van der Waals surface area contributed by atoms with Crippen LogP contribution in [-0.4, -0.2) is 34.8 Å². The van der Waals surface area contributed by atoms with Crippen LogP contribution in [-0.2, 0) is 16.4 Å². The molecule has 0 aliphatic carbocycles. The van der Waals surface area contributed by atoms with E-state index in [9.17, 15) is 13.2 Å². The predicted molar refractivity (Wildman–Crippen MR) is 95.0 cm³/mol. The molecule has 2 rings (SSSR count). The van der Waals surface area contributed by atoms with Crippen LogP contribution in [0, 0.1) is 6.92 Å². The molecule has 2 aromatic rings. The molecule has 6 nitrogen and oxygen atoms in total. The predicted octanol–water partition coefficient (Wildman–Crippen LogP) is 2.35. The molecule has 0 fully saturated rings. The summed E-state index contributed by atoms with van der Waals surface area (Å²) >= 11 is 0. The summed E-state index contributed by atoms with van der Waals surface area (Å²) < 4.78 is 33.8. The third-order valence-corrected chi connectivity index (χ3v) is 4.86. The summed E-state index contributed by atoms with van der Waals surface area (Å²) in [4.78, 5) is 12.6. The Kier molecular flexibility index (Phi) is 5.69. The average molecular weight is 363 g/mol. The Labute approximate surface area is 147 Å². The van der Waals surface area contributed by atoms with Gasteiger partial charge in [-0.1, -0.05) is 6.07 Å². The molecule has 7 heteroatoms. The Morgan fingerprint density at radius 1 is 1.04 bits per heavy atom. The van der Waals surface area contributed by atoms with Gasteiger partial charge in [0.05, 0.1) is 19.1 Å². The largest absolute Gasteiger partial charge is 0.497 e. The highest BCUT2D eigenvalue weighted by molar-refractivity contribution is 7.90. The summed E-state index contributed by atoms with van der Waals surface area (Å²) in [5.74, 6) is 0.905. The van der Waals surface area contributed by atoms with Gasteiger partial charge in [0.1, 0.15) is 11.5 Å². The van der Waals surface area contributed by atoms with Crippen molar-refractivity contribution < 1.29 is 22.7 Å². The average Bonchev–Trinajstić information content (AvgIpc) is 2.58. The highest BCUT2D eigenvalue weighted by atomic mass is 32.2. The first kappa shape index (κ1) is 18.8. The van der Waals surface area contributed by atoms with Crippen molar-refractivity contribution in [2.24, 2.45) is 0 Å². The van der Waals surface area contributed by atoms with Crippen LogP contribution in [0.5, 0.6) is 11.5 Å². The van der Waals surface area contributed by atoms with Crippen LogP contribution in [0.3, 0.4) is 0 Å². The van der Waals surface area contributed by atoms with Gasteiger partial charge in [0.15, 0.2) is 9.84 Å². The second kappa shape index (κ2) is 7.57. The zero-order chi connectivity index (χ0) is 18.6. The first-order chi connectivity index (χ1) is 11.7. The van der Waals surface area contributed by atoms with Crippen molar-refractivity contribution in [1.29, 1.82) is 0 Å². The minimum absolute atomic E-state index is 0.117. The molecule has 25 heavy (non-hydrogen) atoms. The number of hydrogen-bond donors (Lipinski definition) is 1. The van der Waals surface area contributed by atoms with Gasteiger partial charge in [0.25, 0.3) is 5.91 Å². The zero-order valence-corrected chi connectivity index (χ0v) is 15.4. The molecule has 0 radical (unpaired) electrons. The van der Waals surface area contributed by atoms with Gasteiger partial charge in [-0.15, -0.1) is 0 Å². The minimum atomic E-state index is -3.37. The lowest BCUT2D eigenvalue weighted by atomic mass is 10.1. The summed E-state index contributed by atoms with van der Waals surface area (Å²) in [5, 5.41) is 2.79. The van der Waals surface area contributed by atoms with E-state index in [1.807, 2.05) is 0 Å². The van der Waals surface area contributed by atoms with Gasteiger partial charge in [-0.25, -0.2) is 8.42 Å². The van der Waals surface area contributed by atoms with Crippen molar-refractivity contribution in [1.82, 2.24) is 5.32 Å². The van der Waals surface area contributed by atoms with Gasteiger partial charge in [-0.2, -0.15) is 0 Å². The number of aryl methyl sites for hydroxylation is 1. The lowest BCUT2D eigenvalue weighted by Crippen LogP contribution is -2.24. The number of hydrogen-bond acceptors (Lipinski definition) is 5. The molecule has 0 atom stereocenters. The molecule has 0 aliphatic heterocycles. The number of rotatable bonds is 6. The monoisotopic (exact) mass is 363 g/mol. The van der Waals surface area contributed by atoms with Crippen LogP contribution in [0.15, 0.2) is 41.3 Å². The number of ether oxygens (including phenoxy) is 2. The maximum absolute atomic E-state index is 12.5. The van der Waals surface area contributed by atoms with Gasteiger partial charge in [0.2, 0.25) is 0 Å². The van der Waals surface area contributed by atoms with E-state index < -0.39 is 9.84 Å². The molecule has 2 aromatic carbocycles. The standard InChI is InChI=1S/C18H21NO5S/c1-12-5-6-16(25(4,21)22)10-17(12)18(20)19-11-13-7-14(23-2)9-15(8-13)24-3/h5-10H,11H2,1-4H3,(H,19,20). The van der Waals surface area contributed by atoms with Crippen molar-refractivity contribution in [3.05, 3.63) is 53.1 Å². The normalized spacial score (nSPS) is 11.0. The Morgan fingerprint density at radius 2 is 1.64 bits per heavy atom. The van der Waals surface area contributed by atoms with E-state index in [1.54, 1.807) is 45.4 Å². The maximum atomic E-state index is 12.5. The lowest BCUT2D eigenvalue weighted by Gasteiger charge is -2.11. The second-order valence-electron chi connectivity index (χ2n) is 5.65. The van der Waals surface area contributed by atoms with Gasteiger partial charge < -0.3 is 14.8 Å². The smallest absolute Gasteiger partial charge is 0.251 e. The third kappa shape index (κ3) is 4.73. The molecule has 0 saturated heterocycles. The second-order valence-corrected chi connectivity index (χ2v) is 7.67. The van der Waals surface area contributed by atoms with Crippen LogP contribution in [0.25, 0.3) is 0 Å². The minimum Gasteiger partial charge on any atom is -0.497 e. The van der Waals surface area contributed by atoms with E-state index in [0.717, 1.165) is 11.8 Å². The number of carbonyl (C=O) groups excluding carboxylic acids is 1. The van der Waals surface area contributed by atoms with E-state index in [4.69, 9.17) is 9.47 Å². The van der Waals surface area contributed by atoms with Gasteiger partial charge in [0, 0.05) is 24.4 Å². The molecule has 0 unspecified atom stereocenters. The molecule has 0 heterocycles. The van der Waals surface area contributed by atoms with Crippen LogP contribution in [0.1, 0.15) is 21.5 Å². The lowest BCUT2D eigenvalue weighted by molar-refractivity contribution is 0.0950. The summed E-state index contributed by atoms with van der Waals surface area (Å²) in [7, 11) is -0.268. The molecule has 0 spiro atoms. The number of methoxy groups -OCH3 is 2. The molecule has 134 valence electrons. The van der Waals surface area contributed by atoms with Crippen LogP contribution in [0.2, 0.25) is 0 Å². The highest BCUT2D eigenvalue weighted by Crippen LogP contribution is 2.22. The fourth-order valence-corrected chi connectivity index (χ4v) is 2.97. The number of sulfone groups is 1. The van der Waals surface area contributed by atoms with Crippen LogP contribution in [0.4, 0.5) is 0 Å². The van der Waals surface area contributed by atoms with Crippen molar-refractivity contribution in [3.63, 3.8) is 0 Å². The van der Waals surface area contributed by atoms with Gasteiger partial charge in [-0.05, 0) is 42.3 Å². The molecule has 1 amide bonds. The van der Waals surface area contributed by atoms with Gasteiger partial charge in [-0.3, -0.25) is 4.79 Å². The number of nitrogens with one attached hydrogen (secondary N) is 1. The molecule has 0 saturated carbocycles. The van der Waals surface area contributed by atoms with Crippen molar-refractivity contribution in [2.45, 2.75) is 18.4 Å². The van der Waals surface area contributed by atoms with Gasteiger partial charge >= 0.3 is 0 Å². The fraction of sp³-hybridized carbons (Fsp3) is 0.278. The molecular weight excluding hydrogens is 342 g/mol. The van der Waals surface area contributed by atoms with Crippen molar-refractivity contribution in [3.8, 4) is 11.5 Å². The van der Waals surface area contributed by atoms with E-state index in [1.165, 1.54) is 12.1 Å². The SMILES string of the molecule is COc1cc(CNC(=O)c2cc(S(C)(=O)=O)ccc2C)cc(OC)c1. The van der Waals surface area contributed by atoms with Crippen molar-refractivity contribution >= 4 is 15.7 Å². The van der Waals surface area contributed by atoms with E-state index in [2.05, 4.69) is 5.32 Å². The topological polar surface area (TPSA) is 81.7 Å². The molecular formula is C18H21NO5S. The van der Waals surface area contributed by atoms with Crippen LogP contribution < -0.4 is 14.8 Å². The highest BCUT2D eigenvalue weighted by Gasteiger charge is 2.14. The van der Waals surface area contributed by atoms with E-state index in [0.29, 0.717) is 22.6 Å².